The predicted molar refractivity (Wildman–Crippen MR) is 85.7 cm³/mol. The molecule has 0 radical (unpaired) electrons. The maximum atomic E-state index is 6.01. The zero-order valence-corrected chi connectivity index (χ0v) is 14.1. The summed E-state index contributed by atoms with van der Waals surface area (Å²) in [5.74, 6) is 0.800. The van der Waals surface area contributed by atoms with Gasteiger partial charge >= 0.3 is 0 Å². The van der Waals surface area contributed by atoms with Crippen LogP contribution in [0.1, 0.15) is 22.0 Å². The van der Waals surface area contributed by atoms with Gasteiger partial charge in [0.25, 0.3) is 0 Å². The van der Waals surface area contributed by atoms with Gasteiger partial charge in [-0.05, 0) is 53.7 Å². The molecule has 0 bridgehead atoms. The number of hydrogen-bond acceptors (Lipinski definition) is 3. The van der Waals surface area contributed by atoms with E-state index in [-0.39, 0.29) is 6.04 Å². The molecule has 1 heterocycles. The van der Waals surface area contributed by atoms with Crippen molar-refractivity contribution in [2.45, 2.75) is 13.0 Å². The van der Waals surface area contributed by atoms with Gasteiger partial charge in [0.15, 0.2) is 0 Å². The molecule has 5 heteroatoms. The Kier molecular flexibility index (Phi) is 4.90. The van der Waals surface area contributed by atoms with E-state index in [9.17, 15) is 0 Å². The molecule has 0 aliphatic heterocycles. The molecule has 19 heavy (non-hydrogen) atoms. The summed E-state index contributed by atoms with van der Waals surface area (Å²) in [5.41, 5.74) is 2.33. The van der Waals surface area contributed by atoms with E-state index >= 15 is 0 Å². The molecule has 1 atom stereocenters. The summed E-state index contributed by atoms with van der Waals surface area (Å²) in [4.78, 5) is 1.24. The molecule has 0 saturated carbocycles. The van der Waals surface area contributed by atoms with Crippen molar-refractivity contribution < 1.29 is 4.74 Å². The number of ether oxygens (including phenoxy) is 1. The molecule has 1 unspecified atom stereocenters. The second-order valence-corrected chi connectivity index (χ2v) is 7.05. The van der Waals surface area contributed by atoms with Crippen LogP contribution in [0.2, 0.25) is 5.02 Å². The number of hydrogen-bond donors (Lipinski definition) is 1. The number of rotatable bonds is 4. The molecule has 0 amide bonds. The van der Waals surface area contributed by atoms with E-state index in [0.29, 0.717) is 5.02 Å². The predicted octanol–water partition coefficient (Wildman–Crippen LogP) is 4.79. The van der Waals surface area contributed by atoms with Crippen molar-refractivity contribution in [2.24, 2.45) is 0 Å². The van der Waals surface area contributed by atoms with Crippen LogP contribution in [0.25, 0.3) is 0 Å². The summed E-state index contributed by atoms with van der Waals surface area (Å²) >= 11 is 11.3. The van der Waals surface area contributed by atoms with E-state index in [1.54, 1.807) is 18.4 Å². The van der Waals surface area contributed by atoms with Gasteiger partial charge < -0.3 is 10.1 Å². The summed E-state index contributed by atoms with van der Waals surface area (Å²) in [6.45, 7) is 2.09. The smallest absolute Gasteiger partial charge is 0.125 e. The number of halogens is 2. The van der Waals surface area contributed by atoms with Crippen molar-refractivity contribution in [1.29, 1.82) is 0 Å². The first-order chi connectivity index (χ1) is 9.06. The maximum Gasteiger partial charge on any atom is 0.125 e. The molecule has 0 saturated heterocycles. The minimum atomic E-state index is 0.0993. The van der Waals surface area contributed by atoms with E-state index in [1.165, 1.54) is 10.4 Å². The lowest BCUT2D eigenvalue weighted by Gasteiger charge is -2.18. The lowest BCUT2D eigenvalue weighted by atomic mass is 10.0. The van der Waals surface area contributed by atoms with Gasteiger partial charge in [0.05, 0.1) is 16.9 Å². The molecule has 102 valence electrons. The van der Waals surface area contributed by atoms with E-state index in [1.807, 2.05) is 25.2 Å². The van der Waals surface area contributed by atoms with Crippen molar-refractivity contribution in [3.8, 4) is 5.75 Å². The molecule has 0 fully saturated rings. The van der Waals surface area contributed by atoms with Gasteiger partial charge in [0, 0.05) is 15.5 Å². The average Bonchev–Trinajstić information content (AvgIpc) is 2.72. The summed E-state index contributed by atoms with van der Waals surface area (Å²) in [6.07, 6.45) is 0. The Bertz CT molecular complexity index is 565. The fourth-order valence-corrected chi connectivity index (χ4v) is 3.86. The first-order valence-corrected chi connectivity index (χ1v) is 7.82. The molecular formula is C14H15BrClNOS. The van der Waals surface area contributed by atoms with Crippen molar-refractivity contribution in [2.75, 3.05) is 14.2 Å². The minimum Gasteiger partial charge on any atom is -0.496 e. The normalized spacial score (nSPS) is 12.5. The van der Waals surface area contributed by atoms with Crippen LogP contribution >= 0.6 is 38.9 Å². The fourth-order valence-electron chi connectivity index (χ4n) is 2.00. The van der Waals surface area contributed by atoms with Gasteiger partial charge in [-0.1, -0.05) is 17.7 Å². The monoisotopic (exact) mass is 359 g/mol. The molecule has 1 aromatic carbocycles. The van der Waals surface area contributed by atoms with Crippen molar-refractivity contribution >= 4 is 38.9 Å². The Hall–Kier alpha value is -0.550. The highest BCUT2D eigenvalue weighted by Gasteiger charge is 2.19. The number of nitrogens with one attached hydrogen (secondary N) is 1. The minimum absolute atomic E-state index is 0.0993. The molecule has 1 aromatic heterocycles. The highest BCUT2D eigenvalue weighted by atomic mass is 79.9. The van der Waals surface area contributed by atoms with Gasteiger partial charge in [0.2, 0.25) is 0 Å². The van der Waals surface area contributed by atoms with Crippen LogP contribution in [-0.2, 0) is 0 Å². The van der Waals surface area contributed by atoms with Gasteiger partial charge in [-0.25, -0.2) is 0 Å². The number of aryl methyl sites for hydroxylation is 1. The summed E-state index contributed by atoms with van der Waals surface area (Å²) in [5, 5.41) is 4.02. The Labute approximate surface area is 130 Å². The van der Waals surface area contributed by atoms with Gasteiger partial charge in [-0.2, -0.15) is 0 Å². The van der Waals surface area contributed by atoms with Crippen LogP contribution in [-0.4, -0.2) is 14.2 Å². The van der Waals surface area contributed by atoms with E-state index < -0.39 is 0 Å². The van der Waals surface area contributed by atoms with Crippen LogP contribution in [0.5, 0.6) is 5.75 Å². The molecule has 0 spiro atoms. The number of methoxy groups -OCH3 is 1. The molecule has 2 nitrogen and oxygen atoms in total. The highest BCUT2D eigenvalue weighted by Crippen LogP contribution is 2.37. The molecular weight excluding hydrogens is 346 g/mol. The average molecular weight is 361 g/mol. The molecule has 2 rings (SSSR count). The van der Waals surface area contributed by atoms with Crippen LogP contribution < -0.4 is 10.1 Å². The molecule has 0 aliphatic rings. The van der Waals surface area contributed by atoms with E-state index in [0.717, 1.165) is 15.1 Å². The Morgan fingerprint density at radius 1 is 1.37 bits per heavy atom. The standard InChI is InChI=1S/C14H15BrClNOS/c1-8-6-12(19-14(8)15)13(17-2)10-5-4-9(16)7-11(10)18-3/h4-7,13,17H,1-3H3. The summed E-state index contributed by atoms with van der Waals surface area (Å²) in [7, 11) is 3.61. The first kappa shape index (κ1) is 14.9. The second kappa shape index (κ2) is 6.27. The van der Waals surface area contributed by atoms with Crippen molar-refractivity contribution in [1.82, 2.24) is 5.32 Å². The maximum absolute atomic E-state index is 6.01. The molecule has 0 aliphatic carbocycles. The largest absolute Gasteiger partial charge is 0.496 e. The van der Waals surface area contributed by atoms with Gasteiger partial charge in [-0.3, -0.25) is 0 Å². The second-order valence-electron chi connectivity index (χ2n) is 4.21. The molecule has 1 N–H and O–H groups in total. The van der Waals surface area contributed by atoms with Gasteiger partial charge in [0.1, 0.15) is 5.75 Å². The third-order valence-corrected chi connectivity index (χ3v) is 5.39. The number of thiophene rings is 1. The topological polar surface area (TPSA) is 21.3 Å². The fraction of sp³-hybridized carbons (Fsp3) is 0.286. The third kappa shape index (κ3) is 3.14. The highest BCUT2D eigenvalue weighted by molar-refractivity contribution is 9.11. The van der Waals surface area contributed by atoms with Crippen molar-refractivity contribution in [3.05, 3.63) is 49.1 Å². The van der Waals surface area contributed by atoms with Crippen LogP contribution in [0.4, 0.5) is 0 Å². The molecule has 2 aromatic rings. The zero-order chi connectivity index (χ0) is 14.0. The van der Waals surface area contributed by atoms with Gasteiger partial charge in [-0.15, -0.1) is 11.3 Å². The zero-order valence-electron chi connectivity index (χ0n) is 11.0. The SMILES string of the molecule is CNC(c1cc(C)c(Br)s1)c1ccc(Cl)cc1OC. The van der Waals surface area contributed by atoms with Crippen LogP contribution in [0.3, 0.4) is 0 Å². The third-order valence-electron chi connectivity index (χ3n) is 2.96. The Morgan fingerprint density at radius 2 is 2.11 bits per heavy atom. The number of benzene rings is 1. The van der Waals surface area contributed by atoms with Crippen LogP contribution in [0, 0.1) is 6.92 Å². The first-order valence-electron chi connectivity index (χ1n) is 5.83. The lowest BCUT2D eigenvalue weighted by molar-refractivity contribution is 0.406. The lowest BCUT2D eigenvalue weighted by Crippen LogP contribution is -2.17. The summed E-state index contributed by atoms with van der Waals surface area (Å²) in [6, 6.07) is 8.02. The Balaban J connectivity index is 2.47. The quantitative estimate of drug-likeness (QED) is 0.846. The Morgan fingerprint density at radius 3 is 2.63 bits per heavy atom. The van der Waals surface area contributed by atoms with Crippen LogP contribution in [0.15, 0.2) is 28.1 Å². The van der Waals surface area contributed by atoms with E-state index in [4.69, 9.17) is 16.3 Å². The van der Waals surface area contributed by atoms with E-state index in [2.05, 4.69) is 34.2 Å². The summed E-state index contributed by atoms with van der Waals surface area (Å²) < 4.78 is 6.60. The van der Waals surface area contributed by atoms with Crippen molar-refractivity contribution in [3.63, 3.8) is 0 Å².